The lowest BCUT2D eigenvalue weighted by Crippen LogP contribution is -2.22. The number of aryl methyl sites for hydroxylation is 1. The van der Waals surface area contributed by atoms with Crippen molar-refractivity contribution >= 4 is 22.8 Å². The van der Waals surface area contributed by atoms with Gasteiger partial charge in [-0.1, -0.05) is 11.6 Å². The van der Waals surface area contributed by atoms with Gasteiger partial charge in [-0.3, -0.25) is 4.79 Å². The molecule has 0 N–H and O–H groups in total. The van der Waals surface area contributed by atoms with Crippen molar-refractivity contribution in [3.05, 3.63) is 75.8 Å². The maximum atomic E-state index is 13.3. The van der Waals surface area contributed by atoms with E-state index >= 15 is 0 Å². The monoisotopic (exact) mass is 388 g/mol. The van der Waals surface area contributed by atoms with Crippen LogP contribution in [0.3, 0.4) is 0 Å². The van der Waals surface area contributed by atoms with Crippen LogP contribution in [0.5, 0.6) is 11.8 Å². The summed E-state index contributed by atoms with van der Waals surface area (Å²) in [5, 5.41) is 0.0139. The van der Waals surface area contributed by atoms with Gasteiger partial charge >= 0.3 is 6.01 Å². The van der Waals surface area contributed by atoms with Crippen LogP contribution in [0, 0.1) is 11.6 Å². The molecule has 0 saturated heterocycles. The second-order valence-corrected chi connectivity index (χ2v) is 6.12. The Morgan fingerprint density at radius 1 is 1.07 bits per heavy atom. The summed E-state index contributed by atoms with van der Waals surface area (Å²) < 4.78 is 35.0. The molecule has 0 radical (unpaired) electrons. The molecule has 9 heteroatoms. The average Bonchev–Trinajstić information content (AvgIpc) is 3.00. The van der Waals surface area contributed by atoms with E-state index in [-0.39, 0.29) is 22.3 Å². The van der Waals surface area contributed by atoms with E-state index in [1.165, 1.54) is 42.7 Å². The summed E-state index contributed by atoms with van der Waals surface area (Å²) >= 11 is 6.02. The summed E-state index contributed by atoms with van der Waals surface area (Å²) in [6.45, 7) is 0. The van der Waals surface area contributed by atoms with Crippen molar-refractivity contribution in [1.29, 1.82) is 0 Å². The van der Waals surface area contributed by atoms with Crippen molar-refractivity contribution in [2.75, 3.05) is 0 Å². The van der Waals surface area contributed by atoms with Crippen LogP contribution in [-0.4, -0.2) is 19.1 Å². The number of rotatable bonds is 3. The van der Waals surface area contributed by atoms with Crippen LogP contribution in [0.1, 0.15) is 0 Å². The molecule has 136 valence electrons. The summed E-state index contributed by atoms with van der Waals surface area (Å²) in [5.74, 6) is -0.872. The third-order valence-electron chi connectivity index (χ3n) is 3.88. The first-order valence-electron chi connectivity index (χ1n) is 7.77. The van der Waals surface area contributed by atoms with Crippen molar-refractivity contribution in [2.24, 2.45) is 7.05 Å². The Bertz CT molecular complexity index is 1220. The van der Waals surface area contributed by atoms with Gasteiger partial charge in [0.1, 0.15) is 17.4 Å². The lowest BCUT2D eigenvalue weighted by atomic mass is 10.3. The number of imidazole rings is 1. The van der Waals surface area contributed by atoms with E-state index in [0.29, 0.717) is 11.3 Å². The molecular formula is C18H11ClF2N4O2. The number of hydrogen-bond acceptors (Lipinski definition) is 4. The lowest BCUT2D eigenvalue weighted by molar-refractivity contribution is 0.425. The average molecular weight is 389 g/mol. The van der Waals surface area contributed by atoms with Gasteiger partial charge in [0.05, 0.1) is 17.0 Å². The third kappa shape index (κ3) is 3.04. The maximum absolute atomic E-state index is 13.3. The highest BCUT2D eigenvalue weighted by atomic mass is 35.5. The Morgan fingerprint density at radius 3 is 2.48 bits per heavy atom. The Morgan fingerprint density at radius 2 is 1.78 bits per heavy atom. The number of benzene rings is 2. The minimum Gasteiger partial charge on any atom is -0.424 e. The molecule has 4 aromatic rings. The van der Waals surface area contributed by atoms with Gasteiger partial charge in [-0.05, 0) is 42.5 Å². The number of fused-ring (bicyclic) bond motifs is 1. The number of ether oxygens (including phenoxy) is 1. The van der Waals surface area contributed by atoms with E-state index in [9.17, 15) is 13.6 Å². The molecule has 0 amide bonds. The fourth-order valence-electron chi connectivity index (χ4n) is 2.58. The maximum Gasteiger partial charge on any atom is 0.311 e. The predicted octanol–water partition coefficient (Wildman–Crippen LogP) is 3.84. The standard InChI is InChI=1S/C18H11ClF2N4O2/c1-24-9-22-15-16(24)23-18(27-14-7-4-11(21)8-13(14)19)25(17(15)26)12-5-2-10(20)3-6-12/h2-9H,1H3. The van der Waals surface area contributed by atoms with E-state index in [0.717, 1.165) is 10.6 Å². The molecule has 27 heavy (non-hydrogen) atoms. The highest BCUT2D eigenvalue weighted by Gasteiger charge is 2.18. The summed E-state index contributed by atoms with van der Waals surface area (Å²) in [6, 6.07) is 8.70. The lowest BCUT2D eigenvalue weighted by Gasteiger charge is -2.13. The van der Waals surface area contributed by atoms with Crippen molar-refractivity contribution in [2.45, 2.75) is 0 Å². The van der Waals surface area contributed by atoms with Gasteiger partial charge < -0.3 is 9.30 Å². The fraction of sp³-hybridized carbons (Fsp3) is 0.0556. The second kappa shape index (κ2) is 6.48. The number of halogens is 3. The van der Waals surface area contributed by atoms with Crippen LogP contribution in [-0.2, 0) is 7.05 Å². The molecule has 0 fully saturated rings. The van der Waals surface area contributed by atoms with E-state index in [1.54, 1.807) is 11.6 Å². The minimum absolute atomic E-state index is 0.0139. The Kier molecular flexibility index (Phi) is 4.12. The van der Waals surface area contributed by atoms with Gasteiger partial charge in [0.15, 0.2) is 11.2 Å². The Balaban J connectivity index is 1.96. The van der Waals surface area contributed by atoms with Crippen molar-refractivity contribution in [1.82, 2.24) is 19.1 Å². The summed E-state index contributed by atoms with van der Waals surface area (Å²) in [5.41, 5.74) is 0.251. The highest BCUT2D eigenvalue weighted by molar-refractivity contribution is 6.32. The molecular weight excluding hydrogens is 378 g/mol. The molecule has 2 aromatic carbocycles. The van der Waals surface area contributed by atoms with Crippen LogP contribution in [0.25, 0.3) is 16.9 Å². The zero-order valence-electron chi connectivity index (χ0n) is 13.9. The van der Waals surface area contributed by atoms with E-state index < -0.39 is 17.2 Å². The van der Waals surface area contributed by atoms with Crippen LogP contribution in [0.4, 0.5) is 8.78 Å². The molecule has 6 nitrogen and oxygen atoms in total. The zero-order valence-corrected chi connectivity index (χ0v) is 14.6. The predicted molar refractivity (Wildman–Crippen MR) is 95.5 cm³/mol. The van der Waals surface area contributed by atoms with Crippen molar-refractivity contribution < 1.29 is 13.5 Å². The quantitative estimate of drug-likeness (QED) is 0.535. The van der Waals surface area contributed by atoms with Gasteiger partial charge in [-0.15, -0.1) is 0 Å². The Labute approximate surface area is 156 Å². The zero-order chi connectivity index (χ0) is 19.1. The van der Waals surface area contributed by atoms with Gasteiger partial charge in [0.25, 0.3) is 5.56 Å². The molecule has 0 saturated carbocycles. The van der Waals surface area contributed by atoms with Gasteiger partial charge in [0.2, 0.25) is 0 Å². The Hall–Kier alpha value is -3.26. The van der Waals surface area contributed by atoms with Crippen molar-refractivity contribution in [3.8, 4) is 17.4 Å². The molecule has 0 bridgehead atoms. The number of aromatic nitrogens is 4. The largest absolute Gasteiger partial charge is 0.424 e. The molecule has 0 unspecified atom stereocenters. The molecule has 4 rings (SSSR count). The molecule has 0 aliphatic heterocycles. The SMILES string of the molecule is Cn1cnc2c(=O)n(-c3ccc(F)cc3)c(Oc3ccc(F)cc3Cl)nc21. The molecule has 0 atom stereocenters. The minimum atomic E-state index is -0.529. The fourth-order valence-corrected chi connectivity index (χ4v) is 2.79. The number of hydrogen-bond donors (Lipinski definition) is 0. The first-order chi connectivity index (χ1) is 12.9. The molecule has 0 spiro atoms. The molecule has 2 aromatic heterocycles. The highest BCUT2D eigenvalue weighted by Crippen LogP contribution is 2.30. The van der Waals surface area contributed by atoms with E-state index in [2.05, 4.69) is 9.97 Å². The van der Waals surface area contributed by atoms with Crippen LogP contribution >= 0.6 is 11.6 Å². The van der Waals surface area contributed by atoms with Gasteiger partial charge in [-0.25, -0.2) is 18.3 Å². The van der Waals surface area contributed by atoms with Crippen molar-refractivity contribution in [3.63, 3.8) is 0 Å². The smallest absolute Gasteiger partial charge is 0.311 e. The first kappa shape index (κ1) is 17.2. The molecule has 0 aliphatic carbocycles. The van der Waals surface area contributed by atoms with E-state index in [1.807, 2.05) is 0 Å². The summed E-state index contributed by atoms with van der Waals surface area (Å²) in [7, 11) is 1.68. The number of nitrogens with zero attached hydrogens (tertiary/aromatic N) is 4. The normalized spacial score (nSPS) is 11.1. The van der Waals surface area contributed by atoms with Gasteiger partial charge in [-0.2, -0.15) is 4.98 Å². The topological polar surface area (TPSA) is 61.9 Å². The van der Waals surface area contributed by atoms with Gasteiger partial charge in [0, 0.05) is 7.05 Å². The summed E-state index contributed by atoms with van der Waals surface area (Å²) in [6.07, 6.45) is 1.45. The van der Waals surface area contributed by atoms with Crippen LogP contribution in [0.15, 0.2) is 53.6 Å². The molecule has 2 heterocycles. The summed E-state index contributed by atoms with van der Waals surface area (Å²) in [4.78, 5) is 21.4. The van der Waals surface area contributed by atoms with E-state index in [4.69, 9.17) is 16.3 Å². The van der Waals surface area contributed by atoms with Crippen LogP contribution in [0.2, 0.25) is 5.02 Å². The van der Waals surface area contributed by atoms with Crippen LogP contribution < -0.4 is 10.3 Å². The molecule has 0 aliphatic rings. The third-order valence-corrected chi connectivity index (χ3v) is 4.18. The second-order valence-electron chi connectivity index (χ2n) is 5.72. The first-order valence-corrected chi connectivity index (χ1v) is 8.15.